The molecule has 1 aromatic heterocycles. The molecule has 0 aliphatic heterocycles. The molecule has 1 heterocycles. The Kier molecular flexibility index (Phi) is 4.26. The molecule has 1 unspecified atom stereocenters. The van der Waals surface area contributed by atoms with Gasteiger partial charge in [-0.2, -0.15) is 5.26 Å². The Hall–Kier alpha value is -1.93. The molecule has 0 saturated carbocycles. The van der Waals surface area contributed by atoms with Gasteiger partial charge in [-0.25, -0.2) is 0 Å². The number of hydrogen-bond donors (Lipinski definition) is 2. The first kappa shape index (κ1) is 11.1. The highest BCUT2D eigenvalue weighted by molar-refractivity contribution is 5.49. The van der Waals surface area contributed by atoms with Crippen LogP contribution in [0.5, 0.6) is 0 Å². The van der Waals surface area contributed by atoms with Crippen LogP contribution in [0.1, 0.15) is 18.2 Å². The zero-order valence-electron chi connectivity index (χ0n) is 8.40. The molecule has 1 atom stereocenters. The van der Waals surface area contributed by atoms with Crippen LogP contribution in [0.15, 0.2) is 18.3 Å². The first-order valence-electron chi connectivity index (χ1n) is 4.48. The lowest BCUT2D eigenvalue weighted by molar-refractivity contribution is 0.0424. The fourth-order valence-electron chi connectivity index (χ4n) is 1.02. The molecule has 0 fully saturated rings. The van der Waals surface area contributed by atoms with E-state index < -0.39 is 0 Å². The van der Waals surface area contributed by atoms with Crippen molar-refractivity contribution in [2.45, 2.75) is 19.8 Å². The van der Waals surface area contributed by atoms with Crippen molar-refractivity contribution in [2.75, 3.05) is 0 Å². The molecule has 15 heavy (non-hydrogen) atoms. The summed E-state index contributed by atoms with van der Waals surface area (Å²) in [4.78, 5) is 4.05. The van der Waals surface area contributed by atoms with E-state index in [0.717, 1.165) is 6.34 Å². The van der Waals surface area contributed by atoms with E-state index in [1.165, 1.54) is 0 Å². The molecule has 1 aromatic rings. The molecular formula is C10H12N4O. The number of nitrogens with one attached hydrogen (secondary N) is 2. The van der Waals surface area contributed by atoms with Gasteiger partial charge in [0.05, 0.1) is 24.2 Å². The van der Waals surface area contributed by atoms with Crippen molar-refractivity contribution in [1.82, 2.24) is 10.3 Å². The number of nitrogens with zero attached hydrogens (tertiary/aromatic N) is 2. The molecule has 5 nitrogen and oxygen atoms in total. The minimum absolute atomic E-state index is 0.256. The van der Waals surface area contributed by atoms with Gasteiger partial charge in [0, 0.05) is 6.20 Å². The van der Waals surface area contributed by atoms with E-state index in [2.05, 4.69) is 10.3 Å². The van der Waals surface area contributed by atoms with Crippen molar-refractivity contribution in [2.24, 2.45) is 0 Å². The van der Waals surface area contributed by atoms with Crippen LogP contribution >= 0.6 is 0 Å². The van der Waals surface area contributed by atoms with Crippen LogP contribution < -0.4 is 5.32 Å². The third kappa shape index (κ3) is 3.37. The first-order valence-corrected chi connectivity index (χ1v) is 4.48. The number of rotatable bonds is 5. The largest absolute Gasteiger partial charge is 0.353 e. The predicted octanol–water partition coefficient (Wildman–Crippen LogP) is 1.01. The summed E-state index contributed by atoms with van der Waals surface area (Å²) < 4.78 is 5.33. The number of aromatic nitrogens is 1. The third-order valence-corrected chi connectivity index (χ3v) is 1.80. The van der Waals surface area contributed by atoms with Crippen LogP contribution in [-0.2, 0) is 11.3 Å². The number of nitriles is 1. The second-order valence-electron chi connectivity index (χ2n) is 2.87. The minimum atomic E-state index is -0.268. The van der Waals surface area contributed by atoms with Gasteiger partial charge in [-0.3, -0.25) is 10.4 Å². The van der Waals surface area contributed by atoms with Crippen LogP contribution in [-0.4, -0.2) is 17.6 Å². The zero-order chi connectivity index (χ0) is 11.1. The molecule has 0 amide bonds. The van der Waals surface area contributed by atoms with Gasteiger partial charge in [-0.05, 0) is 19.1 Å². The fourth-order valence-corrected chi connectivity index (χ4v) is 1.02. The summed E-state index contributed by atoms with van der Waals surface area (Å²) in [5.74, 6) is 0. The molecule has 5 heteroatoms. The average molecular weight is 204 g/mol. The highest BCUT2D eigenvalue weighted by Gasteiger charge is 2.04. The Balaban J connectivity index is 2.57. The van der Waals surface area contributed by atoms with Crippen molar-refractivity contribution in [3.63, 3.8) is 0 Å². The number of ether oxygens (including phenoxy) is 1. The van der Waals surface area contributed by atoms with Gasteiger partial charge in [0.25, 0.3) is 0 Å². The summed E-state index contributed by atoms with van der Waals surface area (Å²) in [5, 5.41) is 18.3. The maximum atomic E-state index is 8.79. The van der Waals surface area contributed by atoms with Gasteiger partial charge in [0.2, 0.25) is 0 Å². The SMILES string of the molecule is CC(NC=N)OCc1ncccc1C#N. The molecule has 2 N–H and O–H groups in total. The molecule has 1 rings (SSSR count). The Morgan fingerprint density at radius 1 is 1.80 bits per heavy atom. The molecule has 0 spiro atoms. The third-order valence-electron chi connectivity index (χ3n) is 1.80. The second kappa shape index (κ2) is 5.73. The lowest BCUT2D eigenvalue weighted by atomic mass is 10.2. The summed E-state index contributed by atoms with van der Waals surface area (Å²) in [6, 6.07) is 5.45. The first-order chi connectivity index (χ1) is 7.27. The highest BCUT2D eigenvalue weighted by Crippen LogP contribution is 2.05. The van der Waals surface area contributed by atoms with Crippen molar-refractivity contribution in [3.05, 3.63) is 29.6 Å². The molecule has 78 valence electrons. The van der Waals surface area contributed by atoms with Crippen molar-refractivity contribution >= 4 is 6.34 Å². The van der Waals surface area contributed by atoms with Crippen LogP contribution in [0, 0.1) is 16.7 Å². The molecule has 0 aromatic carbocycles. The highest BCUT2D eigenvalue weighted by atomic mass is 16.5. The van der Waals surface area contributed by atoms with E-state index in [-0.39, 0.29) is 12.8 Å². The van der Waals surface area contributed by atoms with E-state index in [1.54, 1.807) is 25.3 Å². The van der Waals surface area contributed by atoms with Crippen molar-refractivity contribution in [1.29, 1.82) is 10.7 Å². The van der Waals surface area contributed by atoms with Crippen molar-refractivity contribution < 1.29 is 4.74 Å². The summed E-state index contributed by atoms with van der Waals surface area (Å²) in [5.41, 5.74) is 1.12. The van der Waals surface area contributed by atoms with E-state index >= 15 is 0 Å². The van der Waals surface area contributed by atoms with Gasteiger partial charge in [-0.15, -0.1) is 0 Å². The standard InChI is InChI=1S/C10H12N4O/c1-8(14-7-12)15-6-10-9(5-11)3-2-4-13-10/h2-4,7-8H,6H2,1H3,(H2,12,14). The van der Waals surface area contributed by atoms with Crippen LogP contribution in [0.3, 0.4) is 0 Å². The Bertz CT molecular complexity index is 372. The second-order valence-corrected chi connectivity index (χ2v) is 2.87. The molecule has 0 aliphatic carbocycles. The molecular weight excluding hydrogens is 192 g/mol. The summed E-state index contributed by atoms with van der Waals surface area (Å²) in [6.07, 6.45) is 2.42. The van der Waals surface area contributed by atoms with Gasteiger partial charge in [0.1, 0.15) is 12.3 Å². The van der Waals surface area contributed by atoms with Gasteiger partial charge in [0.15, 0.2) is 0 Å². The Labute approximate surface area is 88.2 Å². The normalized spacial score (nSPS) is 11.5. The van der Waals surface area contributed by atoms with Crippen LogP contribution in [0.4, 0.5) is 0 Å². The number of pyridine rings is 1. The van der Waals surface area contributed by atoms with Crippen LogP contribution in [0.25, 0.3) is 0 Å². The molecule has 0 saturated heterocycles. The molecule has 0 aliphatic rings. The van der Waals surface area contributed by atoms with Crippen LogP contribution in [0.2, 0.25) is 0 Å². The van der Waals surface area contributed by atoms with Gasteiger partial charge in [-0.1, -0.05) is 0 Å². The average Bonchev–Trinajstić information content (AvgIpc) is 2.27. The smallest absolute Gasteiger partial charge is 0.126 e. The summed E-state index contributed by atoms with van der Waals surface area (Å²) in [6.45, 7) is 2.03. The maximum Gasteiger partial charge on any atom is 0.126 e. The van der Waals surface area contributed by atoms with E-state index in [4.69, 9.17) is 15.4 Å². The topological polar surface area (TPSA) is 81.8 Å². The summed E-state index contributed by atoms with van der Waals surface area (Å²) >= 11 is 0. The monoisotopic (exact) mass is 204 g/mol. The van der Waals surface area contributed by atoms with E-state index in [9.17, 15) is 0 Å². The molecule has 0 radical (unpaired) electrons. The predicted molar refractivity (Wildman–Crippen MR) is 55.1 cm³/mol. The number of hydrogen-bond acceptors (Lipinski definition) is 4. The fraction of sp³-hybridized carbons (Fsp3) is 0.300. The Morgan fingerprint density at radius 2 is 2.60 bits per heavy atom. The quantitative estimate of drug-likeness (QED) is 0.426. The van der Waals surface area contributed by atoms with E-state index in [0.29, 0.717) is 11.3 Å². The lowest BCUT2D eigenvalue weighted by Crippen LogP contribution is -2.27. The minimum Gasteiger partial charge on any atom is -0.353 e. The summed E-state index contributed by atoms with van der Waals surface area (Å²) in [7, 11) is 0. The lowest BCUT2D eigenvalue weighted by Gasteiger charge is -2.12. The zero-order valence-corrected chi connectivity index (χ0v) is 8.40. The van der Waals surface area contributed by atoms with Gasteiger partial charge >= 0.3 is 0 Å². The molecule has 0 bridgehead atoms. The van der Waals surface area contributed by atoms with Crippen molar-refractivity contribution in [3.8, 4) is 6.07 Å². The Morgan fingerprint density at radius 3 is 3.27 bits per heavy atom. The van der Waals surface area contributed by atoms with Gasteiger partial charge < -0.3 is 10.1 Å². The van der Waals surface area contributed by atoms with E-state index in [1.807, 2.05) is 6.07 Å². The maximum absolute atomic E-state index is 8.79.